The molecule has 0 aromatic rings. The topological polar surface area (TPSA) is 97.5 Å². The highest BCUT2D eigenvalue weighted by Gasteiger charge is 1.96. The second-order valence-electron chi connectivity index (χ2n) is 1.96. The molecule has 0 aliphatic heterocycles. The summed E-state index contributed by atoms with van der Waals surface area (Å²) in [7, 11) is -3.12. The Hall–Kier alpha value is -0.880. The highest BCUT2D eigenvalue weighted by atomic mass is 32.2. The predicted octanol–water partition coefficient (Wildman–Crippen LogP) is -0.101. The fourth-order valence-electron chi connectivity index (χ4n) is 0.425. The summed E-state index contributed by atoms with van der Waals surface area (Å²) in [5.74, 6) is -0.383. The molecule has 0 aliphatic rings. The number of thiol groups is 1. The number of hydrogen-bond donors (Lipinski definition) is 3. The van der Waals surface area contributed by atoms with Gasteiger partial charge in [-0.25, -0.2) is 8.42 Å². The van der Waals surface area contributed by atoms with Gasteiger partial charge < -0.3 is 5.73 Å². The smallest absolute Gasteiger partial charge is 0.254 e. The maximum Gasteiger partial charge on any atom is 0.254 e. The van der Waals surface area contributed by atoms with E-state index in [-0.39, 0.29) is 5.91 Å². The van der Waals surface area contributed by atoms with Crippen molar-refractivity contribution in [3.63, 3.8) is 0 Å². The van der Waals surface area contributed by atoms with Gasteiger partial charge in [0.1, 0.15) is 0 Å². The van der Waals surface area contributed by atoms with Crippen LogP contribution in [0, 0.1) is 0 Å². The van der Waals surface area contributed by atoms with Gasteiger partial charge in [0.15, 0.2) is 0 Å². The van der Waals surface area contributed by atoms with E-state index in [1.165, 1.54) is 0 Å². The van der Waals surface area contributed by atoms with Crippen LogP contribution in [0.15, 0.2) is 12.2 Å². The third-order valence-corrected chi connectivity index (χ3v) is 0.900. The van der Waals surface area contributed by atoms with Crippen molar-refractivity contribution in [2.45, 2.75) is 19.8 Å². The lowest BCUT2D eigenvalue weighted by Crippen LogP contribution is -2.12. The van der Waals surface area contributed by atoms with Gasteiger partial charge in [-0.3, -0.25) is 9.35 Å². The van der Waals surface area contributed by atoms with Gasteiger partial charge in [0.05, 0.1) is 0 Å². The average molecular weight is 195 g/mol. The van der Waals surface area contributed by atoms with Crippen molar-refractivity contribution in [2.24, 2.45) is 5.73 Å². The second-order valence-corrected chi connectivity index (χ2v) is 2.43. The molecule has 0 spiro atoms. The largest absolute Gasteiger partial charge is 0.366 e. The van der Waals surface area contributed by atoms with Crippen molar-refractivity contribution in [3.05, 3.63) is 12.2 Å². The minimum Gasteiger partial charge on any atom is -0.366 e. The number of rotatable bonds is 3. The van der Waals surface area contributed by atoms with Crippen LogP contribution < -0.4 is 5.73 Å². The number of amides is 1. The number of nitrogens with two attached hydrogens (primary N) is 1. The fourth-order valence-corrected chi connectivity index (χ4v) is 0.425. The molecule has 0 aliphatic carbocycles. The monoisotopic (exact) mass is 195 g/mol. The Morgan fingerprint density at radius 2 is 1.92 bits per heavy atom. The van der Waals surface area contributed by atoms with Crippen LogP contribution in [0.25, 0.3) is 0 Å². The van der Waals surface area contributed by atoms with Gasteiger partial charge in [-0.05, 0) is 6.42 Å². The van der Waals surface area contributed by atoms with E-state index in [9.17, 15) is 4.79 Å². The molecule has 6 heteroatoms. The van der Waals surface area contributed by atoms with E-state index in [4.69, 9.17) is 18.7 Å². The summed E-state index contributed by atoms with van der Waals surface area (Å²) < 4.78 is 24.2. The number of hydrogen-bond acceptors (Lipinski definition) is 3. The predicted molar refractivity (Wildman–Crippen MR) is 46.2 cm³/mol. The fraction of sp³-hybridized carbons (Fsp3) is 0.500. The van der Waals surface area contributed by atoms with Crippen molar-refractivity contribution in [3.8, 4) is 0 Å². The first kappa shape index (κ1) is 13.7. The second kappa shape index (κ2) is 8.22. The van der Waals surface area contributed by atoms with E-state index < -0.39 is 11.0 Å². The maximum absolute atomic E-state index is 10.2. The van der Waals surface area contributed by atoms with Crippen LogP contribution in [0.5, 0.6) is 0 Å². The average Bonchev–Trinajstić information content (AvgIpc) is 1.86. The van der Waals surface area contributed by atoms with Crippen LogP contribution in [0.2, 0.25) is 0 Å². The molecule has 5 nitrogen and oxygen atoms in total. The molecule has 0 aromatic heterocycles. The highest BCUT2D eigenvalue weighted by Crippen LogP contribution is 1.98. The first-order chi connectivity index (χ1) is 5.41. The lowest BCUT2D eigenvalue weighted by atomic mass is 10.2. The van der Waals surface area contributed by atoms with Gasteiger partial charge in [-0.2, -0.15) is 0 Å². The van der Waals surface area contributed by atoms with Gasteiger partial charge in [0.25, 0.3) is 11.0 Å². The summed E-state index contributed by atoms with van der Waals surface area (Å²) in [6, 6.07) is 0. The third-order valence-electron chi connectivity index (χ3n) is 0.900. The molecule has 72 valence electrons. The third kappa shape index (κ3) is 16.1. The highest BCUT2D eigenvalue weighted by molar-refractivity contribution is 7.66. The molecule has 0 heterocycles. The van der Waals surface area contributed by atoms with Crippen molar-refractivity contribution in [2.75, 3.05) is 0 Å². The molecular weight excluding hydrogens is 182 g/mol. The van der Waals surface area contributed by atoms with Crippen molar-refractivity contribution in [1.29, 1.82) is 0 Å². The van der Waals surface area contributed by atoms with Crippen LogP contribution in [-0.4, -0.2) is 18.9 Å². The molecule has 0 saturated heterocycles. The molecule has 12 heavy (non-hydrogen) atoms. The van der Waals surface area contributed by atoms with Crippen LogP contribution in [-0.2, 0) is 15.8 Å². The Morgan fingerprint density at radius 1 is 1.58 bits per heavy atom. The Kier molecular flexibility index (Phi) is 9.38. The molecule has 0 unspecified atom stereocenters. The van der Waals surface area contributed by atoms with E-state index in [1.54, 1.807) is 0 Å². The van der Waals surface area contributed by atoms with Gasteiger partial charge in [-0.15, -0.1) is 0 Å². The first-order valence-corrected chi connectivity index (χ1v) is 4.35. The van der Waals surface area contributed by atoms with Crippen LogP contribution in [0.1, 0.15) is 19.8 Å². The van der Waals surface area contributed by atoms with Crippen LogP contribution in [0.4, 0.5) is 0 Å². The van der Waals surface area contributed by atoms with E-state index in [1.807, 2.05) is 6.92 Å². The number of carbonyl (C=O) groups is 1. The van der Waals surface area contributed by atoms with E-state index in [2.05, 4.69) is 6.58 Å². The summed E-state index contributed by atoms with van der Waals surface area (Å²) in [6.45, 7) is 5.45. The summed E-state index contributed by atoms with van der Waals surface area (Å²) >= 11 is 0. The normalized spacial score (nSPS) is 8.58. The van der Waals surface area contributed by atoms with E-state index >= 15 is 0 Å². The van der Waals surface area contributed by atoms with Gasteiger partial charge in [0, 0.05) is 5.57 Å². The zero-order chi connectivity index (χ0) is 10.1. The van der Waals surface area contributed by atoms with Crippen molar-refractivity contribution < 1.29 is 17.8 Å². The van der Waals surface area contributed by atoms with Gasteiger partial charge >= 0.3 is 0 Å². The van der Waals surface area contributed by atoms with Crippen LogP contribution in [0.3, 0.4) is 0 Å². The molecule has 1 amide bonds. The molecular formula is C6H13NO4S. The summed E-state index contributed by atoms with van der Waals surface area (Å²) in [4.78, 5) is 10.2. The summed E-state index contributed by atoms with van der Waals surface area (Å²) in [5, 5.41) is 0. The van der Waals surface area contributed by atoms with E-state index in [0.717, 1.165) is 12.8 Å². The lowest BCUT2D eigenvalue weighted by molar-refractivity contribution is -0.114. The minimum absolute atomic E-state index is 0.383. The number of carbonyl (C=O) groups excluding carboxylic acids is 1. The van der Waals surface area contributed by atoms with E-state index in [0.29, 0.717) is 5.57 Å². The maximum atomic E-state index is 10.2. The first-order valence-electron chi connectivity index (χ1n) is 3.22. The Bertz CT molecular complexity index is 214. The quantitative estimate of drug-likeness (QED) is 0.333. The molecule has 0 radical (unpaired) electrons. The van der Waals surface area contributed by atoms with Crippen LogP contribution >= 0.6 is 0 Å². The van der Waals surface area contributed by atoms with Crippen molar-refractivity contribution >= 4 is 16.9 Å². The SMILES string of the molecule is C=C(CCC)C(N)=O.O=[SH](=O)O. The molecule has 0 bridgehead atoms. The molecule has 0 atom stereocenters. The molecule has 0 aromatic carbocycles. The number of primary amides is 1. The van der Waals surface area contributed by atoms with Crippen molar-refractivity contribution in [1.82, 2.24) is 0 Å². The minimum atomic E-state index is -3.12. The Balaban J connectivity index is 0. The zero-order valence-electron chi connectivity index (χ0n) is 6.82. The van der Waals surface area contributed by atoms with Gasteiger partial charge in [0.2, 0.25) is 5.91 Å². The summed E-state index contributed by atoms with van der Waals surface area (Å²) in [6.07, 6.45) is 1.65. The zero-order valence-corrected chi connectivity index (χ0v) is 7.71. The summed E-state index contributed by atoms with van der Waals surface area (Å²) in [5.41, 5.74) is 5.40. The lowest BCUT2D eigenvalue weighted by Gasteiger charge is -1.93. The molecule has 3 N–H and O–H groups in total. The Morgan fingerprint density at radius 3 is 2.00 bits per heavy atom. The molecule has 0 saturated carbocycles. The standard InChI is InChI=1S/C6H11NO.H2O3S/c1-3-4-5(2)6(7)8;1-4(2)3/h2-4H2,1H3,(H2,7,8);4H,(H,1,2,3). The van der Waals surface area contributed by atoms with Gasteiger partial charge in [-0.1, -0.05) is 19.9 Å². The Labute approximate surface area is 73.0 Å². The molecule has 0 fully saturated rings. The molecule has 0 rings (SSSR count).